The SMILES string of the molecule is CC(C)(C)c1ccc(C(=O)NCC#Cc2ccc(N3CCNC3=O)cc2)cc1. The molecule has 1 aliphatic heterocycles. The summed E-state index contributed by atoms with van der Waals surface area (Å²) in [6.07, 6.45) is 0. The predicted molar refractivity (Wildman–Crippen MR) is 112 cm³/mol. The van der Waals surface area contributed by atoms with Crippen LogP contribution in [0.4, 0.5) is 10.5 Å². The maximum absolute atomic E-state index is 12.2. The molecule has 1 saturated heterocycles. The monoisotopic (exact) mass is 375 g/mol. The van der Waals surface area contributed by atoms with Crippen molar-refractivity contribution in [3.05, 3.63) is 65.2 Å². The lowest BCUT2D eigenvalue weighted by Gasteiger charge is -2.18. The molecular formula is C23H25N3O2. The fourth-order valence-electron chi connectivity index (χ4n) is 2.94. The summed E-state index contributed by atoms with van der Waals surface area (Å²) >= 11 is 0. The van der Waals surface area contributed by atoms with Gasteiger partial charge in [0.05, 0.1) is 6.54 Å². The molecule has 2 aromatic carbocycles. The zero-order valence-corrected chi connectivity index (χ0v) is 16.5. The zero-order valence-electron chi connectivity index (χ0n) is 16.5. The molecule has 0 unspecified atom stereocenters. The maximum atomic E-state index is 12.2. The number of urea groups is 1. The Morgan fingerprint density at radius 3 is 2.36 bits per heavy atom. The number of nitrogens with zero attached hydrogens (tertiary/aromatic N) is 1. The molecule has 1 heterocycles. The molecule has 0 aliphatic carbocycles. The Kier molecular flexibility index (Phi) is 5.70. The van der Waals surface area contributed by atoms with Crippen LogP contribution >= 0.6 is 0 Å². The van der Waals surface area contributed by atoms with E-state index < -0.39 is 0 Å². The highest BCUT2D eigenvalue weighted by Crippen LogP contribution is 2.22. The molecule has 2 N–H and O–H groups in total. The number of nitrogens with one attached hydrogen (secondary N) is 2. The van der Waals surface area contributed by atoms with E-state index in [1.54, 1.807) is 4.90 Å². The lowest BCUT2D eigenvalue weighted by atomic mass is 9.87. The Morgan fingerprint density at radius 2 is 1.79 bits per heavy atom. The lowest BCUT2D eigenvalue weighted by Crippen LogP contribution is -2.27. The largest absolute Gasteiger partial charge is 0.341 e. The van der Waals surface area contributed by atoms with Gasteiger partial charge in [0.25, 0.3) is 5.91 Å². The number of hydrogen-bond acceptors (Lipinski definition) is 2. The van der Waals surface area contributed by atoms with Crippen molar-refractivity contribution >= 4 is 17.6 Å². The normalized spacial score (nSPS) is 13.5. The van der Waals surface area contributed by atoms with Crippen molar-refractivity contribution in [2.75, 3.05) is 24.5 Å². The van der Waals surface area contributed by atoms with E-state index >= 15 is 0 Å². The summed E-state index contributed by atoms with van der Waals surface area (Å²) in [5.41, 5.74) is 3.58. The molecule has 5 heteroatoms. The van der Waals surface area contributed by atoms with Crippen LogP contribution in [0.5, 0.6) is 0 Å². The number of amides is 3. The molecule has 3 amide bonds. The van der Waals surface area contributed by atoms with Gasteiger partial charge in [0.1, 0.15) is 0 Å². The van der Waals surface area contributed by atoms with Crippen molar-refractivity contribution in [2.24, 2.45) is 0 Å². The summed E-state index contributed by atoms with van der Waals surface area (Å²) in [5, 5.41) is 5.59. The van der Waals surface area contributed by atoms with Gasteiger partial charge in [-0.05, 0) is 47.4 Å². The van der Waals surface area contributed by atoms with E-state index in [1.165, 1.54) is 5.56 Å². The average Bonchev–Trinajstić information content (AvgIpc) is 3.11. The van der Waals surface area contributed by atoms with Crippen LogP contribution in [0.25, 0.3) is 0 Å². The van der Waals surface area contributed by atoms with Crippen molar-refractivity contribution in [1.82, 2.24) is 10.6 Å². The third kappa shape index (κ3) is 4.72. The van der Waals surface area contributed by atoms with E-state index in [0.29, 0.717) is 18.7 Å². The Labute approximate surface area is 166 Å². The van der Waals surface area contributed by atoms with Gasteiger partial charge in [0, 0.05) is 29.9 Å². The van der Waals surface area contributed by atoms with Gasteiger partial charge in [-0.1, -0.05) is 44.7 Å². The summed E-state index contributed by atoms with van der Waals surface area (Å²) in [6, 6.07) is 15.1. The van der Waals surface area contributed by atoms with E-state index in [2.05, 4.69) is 43.2 Å². The van der Waals surface area contributed by atoms with E-state index in [-0.39, 0.29) is 23.9 Å². The van der Waals surface area contributed by atoms with Crippen LogP contribution in [-0.2, 0) is 5.41 Å². The molecule has 144 valence electrons. The quantitative estimate of drug-likeness (QED) is 0.809. The molecule has 5 nitrogen and oxygen atoms in total. The van der Waals surface area contributed by atoms with Crippen molar-refractivity contribution in [3.63, 3.8) is 0 Å². The first-order chi connectivity index (χ1) is 13.3. The standard InChI is InChI=1S/C23H25N3O2/c1-23(2,3)19-10-8-18(9-11-19)21(27)24-14-4-5-17-6-12-20(13-7-17)26-16-15-25-22(26)28/h6-13H,14-16H2,1-3H3,(H,24,27)(H,25,28). The van der Waals surface area contributed by atoms with Gasteiger partial charge in [0.15, 0.2) is 0 Å². The Morgan fingerprint density at radius 1 is 1.11 bits per heavy atom. The van der Waals surface area contributed by atoms with Crippen LogP contribution in [0.1, 0.15) is 42.3 Å². The highest BCUT2D eigenvalue weighted by Gasteiger charge is 2.20. The number of rotatable bonds is 3. The van der Waals surface area contributed by atoms with E-state index in [0.717, 1.165) is 11.3 Å². The molecule has 0 aromatic heterocycles. The zero-order chi connectivity index (χ0) is 20.1. The minimum Gasteiger partial charge on any atom is -0.341 e. The van der Waals surface area contributed by atoms with Gasteiger partial charge in [-0.25, -0.2) is 4.79 Å². The molecule has 1 aliphatic rings. The minimum atomic E-state index is -0.134. The van der Waals surface area contributed by atoms with Gasteiger partial charge >= 0.3 is 6.03 Å². The molecule has 0 bridgehead atoms. The van der Waals surface area contributed by atoms with Crippen molar-refractivity contribution in [3.8, 4) is 11.8 Å². The summed E-state index contributed by atoms with van der Waals surface area (Å²) in [7, 11) is 0. The molecule has 0 spiro atoms. The molecule has 28 heavy (non-hydrogen) atoms. The van der Waals surface area contributed by atoms with Crippen LogP contribution in [0, 0.1) is 11.8 Å². The number of hydrogen-bond donors (Lipinski definition) is 2. The topological polar surface area (TPSA) is 61.4 Å². The minimum absolute atomic E-state index is 0.0641. The number of benzene rings is 2. The summed E-state index contributed by atoms with van der Waals surface area (Å²) < 4.78 is 0. The van der Waals surface area contributed by atoms with Gasteiger partial charge in [0.2, 0.25) is 0 Å². The second-order valence-corrected chi connectivity index (χ2v) is 7.74. The second kappa shape index (κ2) is 8.18. The number of anilines is 1. The molecule has 0 saturated carbocycles. The van der Waals surface area contributed by atoms with Crippen molar-refractivity contribution in [1.29, 1.82) is 0 Å². The fraction of sp³-hybridized carbons (Fsp3) is 0.304. The van der Waals surface area contributed by atoms with E-state index in [1.807, 2.05) is 48.5 Å². The van der Waals surface area contributed by atoms with Gasteiger partial charge in [-0.2, -0.15) is 0 Å². The van der Waals surface area contributed by atoms with Crippen LogP contribution < -0.4 is 15.5 Å². The van der Waals surface area contributed by atoms with E-state index in [9.17, 15) is 9.59 Å². The maximum Gasteiger partial charge on any atom is 0.321 e. The summed E-state index contributed by atoms with van der Waals surface area (Å²) in [6.45, 7) is 8.04. The average molecular weight is 375 g/mol. The smallest absolute Gasteiger partial charge is 0.321 e. The summed E-state index contributed by atoms with van der Waals surface area (Å²) in [5.74, 6) is 5.85. The molecule has 0 atom stereocenters. The Bertz CT molecular complexity index is 914. The highest BCUT2D eigenvalue weighted by atomic mass is 16.2. The third-order valence-corrected chi connectivity index (χ3v) is 4.62. The first-order valence-electron chi connectivity index (χ1n) is 9.38. The number of carbonyl (C=O) groups excluding carboxylic acids is 2. The second-order valence-electron chi connectivity index (χ2n) is 7.74. The fourth-order valence-corrected chi connectivity index (χ4v) is 2.94. The van der Waals surface area contributed by atoms with Crippen LogP contribution in [0.3, 0.4) is 0 Å². The number of carbonyl (C=O) groups is 2. The van der Waals surface area contributed by atoms with Gasteiger partial charge in [-0.15, -0.1) is 0 Å². The van der Waals surface area contributed by atoms with Crippen molar-refractivity contribution < 1.29 is 9.59 Å². The summed E-state index contributed by atoms with van der Waals surface area (Å²) in [4.78, 5) is 25.6. The lowest BCUT2D eigenvalue weighted by molar-refractivity contribution is 0.0958. The predicted octanol–water partition coefficient (Wildman–Crippen LogP) is 3.30. The molecule has 3 rings (SSSR count). The molecule has 1 fully saturated rings. The van der Waals surface area contributed by atoms with Crippen LogP contribution in [-0.4, -0.2) is 31.6 Å². The first-order valence-corrected chi connectivity index (χ1v) is 9.38. The van der Waals surface area contributed by atoms with Crippen molar-refractivity contribution in [2.45, 2.75) is 26.2 Å². The van der Waals surface area contributed by atoms with E-state index in [4.69, 9.17) is 0 Å². The first kappa shape index (κ1) is 19.5. The van der Waals surface area contributed by atoms with Gasteiger partial charge in [-0.3, -0.25) is 9.69 Å². The molecule has 2 aromatic rings. The molecular weight excluding hydrogens is 350 g/mol. The van der Waals surface area contributed by atoms with Crippen LogP contribution in [0.15, 0.2) is 48.5 Å². The van der Waals surface area contributed by atoms with Crippen LogP contribution in [0.2, 0.25) is 0 Å². The highest BCUT2D eigenvalue weighted by molar-refractivity contribution is 5.94. The van der Waals surface area contributed by atoms with Gasteiger partial charge < -0.3 is 10.6 Å². The third-order valence-electron chi connectivity index (χ3n) is 4.62. The Balaban J connectivity index is 1.53. The Hall–Kier alpha value is -3.26. The molecule has 0 radical (unpaired) electrons.